The largest absolute Gasteiger partial charge is 0.445 e. The van der Waals surface area contributed by atoms with Gasteiger partial charge in [-0.05, 0) is 105 Å². The third-order valence-electron chi connectivity index (χ3n) is 18.4. The number of carbonyl (C=O) groups excluding carboxylic acids is 11. The summed E-state index contributed by atoms with van der Waals surface area (Å²) in [5.74, 6) is -5.73. The number of aliphatic hydroxyl groups excluding tert-OH is 1. The van der Waals surface area contributed by atoms with E-state index in [9.17, 15) is 57.8 Å². The minimum atomic E-state index is -1.11. The van der Waals surface area contributed by atoms with E-state index in [1.807, 2.05) is 32.0 Å². The SMILES string of the molecule is CO[C@H]([C@@H](C)C(=O)N[C@H](C)[C@@H](O)c1ccccc1)[C@@H]1CCCN1C(=O)C[C@@H](OC)[C@H](C1CCCC1)N(C)C(=O)[C@@H](NC(=O)[C@H](C(C)C)N(C)C(=O)OCc1ccc(NC(=O)C(CCCNC(N)=O)NC(=O)[C@@H](NC(=O)CCCCCN2C(=O)C=CC2=O)C(C)C)cc1)C(C)C. The number of hydrogen-bond donors (Lipinski definition) is 8. The Hall–Kier alpha value is -7.97. The van der Waals surface area contributed by atoms with E-state index in [2.05, 4.69) is 31.9 Å². The van der Waals surface area contributed by atoms with Gasteiger partial charge >= 0.3 is 12.1 Å². The average Bonchev–Trinajstić information content (AvgIpc) is 1.79. The van der Waals surface area contributed by atoms with Gasteiger partial charge in [0, 0.05) is 72.2 Å². The van der Waals surface area contributed by atoms with Gasteiger partial charge in [-0.1, -0.05) is 110 Å². The second-order valence-electron chi connectivity index (χ2n) is 26.4. The molecule has 1 aliphatic carbocycles. The molecule has 95 heavy (non-hydrogen) atoms. The normalized spacial score (nSPS) is 18.0. The maximum Gasteiger partial charge on any atom is 0.410 e. The van der Waals surface area contributed by atoms with E-state index < -0.39 is 108 Å². The van der Waals surface area contributed by atoms with Crippen LogP contribution in [0.25, 0.3) is 0 Å². The molecule has 5 rings (SSSR count). The van der Waals surface area contributed by atoms with Crippen molar-refractivity contribution in [3.05, 3.63) is 77.9 Å². The number of benzene rings is 2. The first-order valence-corrected chi connectivity index (χ1v) is 33.5. The highest BCUT2D eigenvalue weighted by molar-refractivity contribution is 6.12. The zero-order valence-corrected chi connectivity index (χ0v) is 57.6. The fourth-order valence-electron chi connectivity index (χ4n) is 13.0. The summed E-state index contributed by atoms with van der Waals surface area (Å²) in [7, 11) is 6.18. The molecule has 2 aromatic rings. The molecule has 3 aliphatic rings. The van der Waals surface area contributed by atoms with Gasteiger partial charge in [0.05, 0.1) is 48.8 Å². The number of nitrogens with two attached hydrogens (primary N) is 1. The molecule has 9 N–H and O–H groups in total. The van der Waals surface area contributed by atoms with Gasteiger partial charge in [0.1, 0.15) is 30.8 Å². The number of likely N-dealkylation sites (tertiary alicyclic amines) is 1. The lowest BCUT2D eigenvalue weighted by Gasteiger charge is -2.41. The van der Waals surface area contributed by atoms with Gasteiger partial charge in [-0.3, -0.25) is 53.0 Å². The molecule has 2 fully saturated rings. The van der Waals surface area contributed by atoms with Crippen molar-refractivity contribution >= 4 is 71.0 Å². The van der Waals surface area contributed by atoms with Gasteiger partial charge in [-0.15, -0.1) is 0 Å². The number of carbonyl (C=O) groups is 11. The van der Waals surface area contributed by atoms with E-state index >= 15 is 0 Å². The van der Waals surface area contributed by atoms with Gasteiger partial charge in [0.2, 0.25) is 41.4 Å². The first kappa shape index (κ1) is 77.7. The summed E-state index contributed by atoms with van der Waals surface area (Å²) in [5, 5.41) is 27.7. The van der Waals surface area contributed by atoms with Crippen molar-refractivity contribution in [3.63, 3.8) is 0 Å². The number of nitrogens with one attached hydrogen (secondary N) is 6. The average molecular weight is 1330 g/mol. The number of urea groups is 1. The fraction of sp³-hybridized carbons (Fsp3) is 0.638. The summed E-state index contributed by atoms with van der Waals surface area (Å²) < 4.78 is 17.9. The molecular formula is C69H105N11O15. The monoisotopic (exact) mass is 1330 g/mol. The molecule has 0 aromatic heterocycles. The molecule has 0 spiro atoms. The van der Waals surface area contributed by atoms with Crippen molar-refractivity contribution in [3.8, 4) is 0 Å². The van der Waals surface area contributed by atoms with Crippen LogP contribution in [-0.2, 0) is 64.0 Å². The lowest BCUT2D eigenvalue weighted by atomic mass is 9.88. The Bertz CT molecular complexity index is 2920. The van der Waals surface area contributed by atoms with Gasteiger partial charge < -0.3 is 66.8 Å². The highest BCUT2D eigenvalue weighted by Gasteiger charge is 2.45. The van der Waals surface area contributed by atoms with Crippen LogP contribution in [0.3, 0.4) is 0 Å². The molecule has 26 heteroatoms. The van der Waals surface area contributed by atoms with Gasteiger partial charge in [0.15, 0.2) is 0 Å². The van der Waals surface area contributed by atoms with E-state index in [1.54, 1.807) is 94.8 Å². The van der Waals surface area contributed by atoms with Crippen LogP contribution in [0.1, 0.15) is 156 Å². The van der Waals surface area contributed by atoms with Crippen LogP contribution in [-0.4, -0.2) is 192 Å². The van der Waals surface area contributed by atoms with E-state index in [0.29, 0.717) is 55.5 Å². The Morgan fingerprint density at radius 2 is 1.33 bits per heavy atom. The summed E-state index contributed by atoms with van der Waals surface area (Å²) in [6.45, 7) is 14.7. The summed E-state index contributed by atoms with van der Waals surface area (Å²) in [5.41, 5.74) is 6.79. The summed E-state index contributed by atoms with van der Waals surface area (Å²) in [6.07, 6.45) is 5.92. The molecule has 12 amide bonds. The molecule has 2 aromatic carbocycles. The molecule has 2 heterocycles. The second-order valence-corrected chi connectivity index (χ2v) is 26.4. The van der Waals surface area contributed by atoms with Gasteiger partial charge in [0.25, 0.3) is 11.8 Å². The third-order valence-corrected chi connectivity index (χ3v) is 18.4. The van der Waals surface area contributed by atoms with Crippen LogP contribution >= 0.6 is 0 Å². The van der Waals surface area contributed by atoms with Crippen LogP contribution in [0.15, 0.2) is 66.7 Å². The van der Waals surface area contributed by atoms with Crippen LogP contribution in [0.5, 0.6) is 0 Å². The Balaban J connectivity index is 1.18. The van der Waals surface area contributed by atoms with Crippen molar-refractivity contribution in [2.24, 2.45) is 35.3 Å². The van der Waals surface area contributed by atoms with E-state index in [1.165, 1.54) is 38.3 Å². The molecule has 26 nitrogen and oxygen atoms in total. The topological polar surface area (TPSA) is 347 Å². The van der Waals surface area contributed by atoms with E-state index in [0.717, 1.165) is 30.6 Å². The molecule has 1 saturated heterocycles. The van der Waals surface area contributed by atoms with Gasteiger partial charge in [-0.2, -0.15) is 0 Å². The Morgan fingerprint density at radius 3 is 1.92 bits per heavy atom. The Kier molecular flexibility index (Phi) is 31.0. The van der Waals surface area contributed by atoms with Crippen molar-refractivity contribution in [1.82, 2.24) is 46.2 Å². The quantitative estimate of drug-likeness (QED) is 0.0318. The van der Waals surface area contributed by atoms with E-state index in [-0.39, 0.29) is 92.7 Å². The van der Waals surface area contributed by atoms with Gasteiger partial charge in [-0.25, -0.2) is 9.59 Å². The zero-order valence-electron chi connectivity index (χ0n) is 57.6. The molecule has 526 valence electrons. The predicted octanol–water partition coefficient (Wildman–Crippen LogP) is 5.22. The van der Waals surface area contributed by atoms with Crippen molar-refractivity contribution in [2.75, 3.05) is 53.3 Å². The molecule has 1 saturated carbocycles. The van der Waals surface area contributed by atoms with Crippen LogP contribution in [0, 0.1) is 29.6 Å². The number of anilines is 1. The lowest BCUT2D eigenvalue weighted by molar-refractivity contribution is -0.148. The number of imide groups is 1. The highest BCUT2D eigenvalue weighted by atomic mass is 16.6. The Morgan fingerprint density at radius 1 is 0.684 bits per heavy atom. The first-order chi connectivity index (χ1) is 45.1. The highest BCUT2D eigenvalue weighted by Crippen LogP contribution is 2.35. The van der Waals surface area contributed by atoms with Crippen molar-refractivity contribution in [1.29, 1.82) is 0 Å². The second kappa shape index (κ2) is 37.9. The number of ether oxygens (including phenoxy) is 3. The molecule has 0 radical (unpaired) electrons. The maximum absolute atomic E-state index is 14.9. The minimum absolute atomic E-state index is 0.0144. The number of aliphatic hydroxyl groups is 1. The van der Waals surface area contributed by atoms with E-state index in [4.69, 9.17) is 19.9 Å². The number of likely N-dealkylation sites (N-methyl/N-ethyl adjacent to an activating group) is 2. The van der Waals surface area contributed by atoms with Crippen molar-refractivity contribution in [2.45, 2.75) is 206 Å². The number of methoxy groups -OCH3 is 2. The molecule has 0 bridgehead atoms. The molecule has 2 aliphatic heterocycles. The lowest BCUT2D eigenvalue weighted by Crippen LogP contribution is -2.60. The summed E-state index contributed by atoms with van der Waals surface area (Å²) in [6, 6.07) is 8.91. The minimum Gasteiger partial charge on any atom is -0.445 e. The number of hydrogen-bond acceptors (Lipinski definition) is 15. The maximum atomic E-state index is 14.9. The Labute approximate surface area is 559 Å². The zero-order chi connectivity index (χ0) is 70.2. The smallest absolute Gasteiger partial charge is 0.410 e. The first-order valence-electron chi connectivity index (χ1n) is 33.5. The number of amides is 12. The molecule has 1 unspecified atom stereocenters. The molecule has 11 atom stereocenters. The summed E-state index contributed by atoms with van der Waals surface area (Å²) >= 11 is 0. The third kappa shape index (κ3) is 22.6. The summed E-state index contributed by atoms with van der Waals surface area (Å²) in [4.78, 5) is 153. The predicted molar refractivity (Wildman–Crippen MR) is 356 cm³/mol. The molecular weight excluding hydrogens is 1220 g/mol. The van der Waals surface area contributed by atoms with Crippen LogP contribution in [0.4, 0.5) is 15.3 Å². The number of nitrogens with zero attached hydrogens (tertiary/aromatic N) is 4. The number of unbranched alkanes of at least 4 members (excludes halogenated alkanes) is 2. The van der Waals surface area contributed by atoms with Crippen LogP contribution in [0.2, 0.25) is 0 Å². The standard InChI is InChI=1S/C69H105N11O15/c1-41(2)57(75-53(81)29-17-14-20-37-80-54(82)34-35-55(80)83)65(88)74-50(27-21-36-71-68(70)91)64(87)73-49-32-30-46(31-33-49)40-95-69(92)78(10)59(43(5)6)66(89)76-58(42(3)4)67(90)77(9)60(47-23-18-19-24-47)52(93-11)39-56(84)79-38-22-28-51(79)62(94-12)44(7)63(86)72-45(8)61(85)48-25-15-13-16-26-48/h13,15-16,25-26,30-35,41-45,47,50-52,57-62,85H,14,17-24,27-29,36-40H2,1-12H3,(H,72,86)(H,73,87)(H,74,88)(H,75,81)(H,76,89)(H3,70,71,91)/t44-,45-,50?,51+,52-,57+,58+,59+,60+,61-,62-/m1/s1. The fourth-order valence-corrected chi connectivity index (χ4v) is 13.0. The number of rotatable bonds is 37. The van der Waals surface area contributed by atoms with Crippen molar-refractivity contribution < 1.29 is 72.1 Å². The number of primary amides is 1. The van der Waals surface area contributed by atoms with Crippen LogP contribution < -0.4 is 37.6 Å².